The number of carboxylic acid groups (broad SMARTS) is 1. The number of benzene rings is 1. The maximum Gasteiger partial charge on any atom is 0.336 e. The van der Waals surface area contributed by atoms with Gasteiger partial charge in [-0.25, -0.2) is 4.79 Å². The molecule has 1 aromatic carbocycles. The number of phenols is 1. The molecular weight excluding hydrogens is 314 g/mol. The summed E-state index contributed by atoms with van der Waals surface area (Å²) in [6.45, 7) is 3.39. The number of rotatable bonds is 6. The predicted octanol–water partition coefficient (Wildman–Crippen LogP) is 0.384. The Morgan fingerprint density at radius 1 is 1.38 bits per heavy atom. The summed E-state index contributed by atoms with van der Waals surface area (Å²) in [7, 11) is 0. The number of aryl methyl sites for hydroxylation is 1. The summed E-state index contributed by atoms with van der Waals surface area (Å²) in [5.41, 5.74) is 0.347. The standard InChI is InChI=1S/C17H19NO6/c1-3-4-12(17(22)23)18-14(20)7-10-8-15(21)24-16-9(2)13(19)6-5-11(10)16/h5-6,8,12,19H,3-4,7H2,1-2H3,(H,18,20)(H,22,23)/p-1/t12-/m1/s1. The normalized spacial score (nSPS) is 12.1. The van der Waals surface area contributed by atoms with Crippen molar-refractivity contribution in [3.05, 3.63) is 39.7 Å². The number of carbonyl (C=O) groups excluding carboxylic acids is 2. The number of aromatic hydroxyl groups is 1. The van der Waals surface area contributed by atoms with Crippen LogP contribution in [0, 0.1) is 6.92 Å². The number of hydrogen-bond donors (Lipinski definition) is 2. The summed E-state index contributed by atoms with van der Waals surface area (Å²) in [5, 5.41) is 23.6. The van der Waals surface area contributed by atoms with Gasteiger partial charge in [-0.1, -0.05) is 13.3 Å². The molecular formula is C17H18NO6-. The van der Waals surface area contributed by atoms with Gasteiger partial charge < -0.3 is 24.7 Å². The van der Waals surface area contributed by atoms with E-state index in [4.69, 9.17) is 4.42 Å². The van der Waals surface area contributed by atoms with Gasteiger partial charge in [-0.15, -0.1) is 0 Å². The molecule has 0 aliphatic heterocycles. The number of carbonyl (C=O) groups is 2. The third-order valence-electron chi connectivity index (χ3n) is 3.77. The molecule has 0 saturated heterocycles. The van der Waals surface area contributed by atoms with Crippen LogP contribution in [0.5, 0.6) is 5.75 Å². The molecule has 7 heteroatoms. The van der Waals surface area contributed by atoms with Crippen LogP contribution in [0.25, 0.3) is 11.0 Å². The molecule has 2 N–H and O–H groups in total. The fraction of sp³-hybridized carbons (Fsp3) is 0.353. The topological polar surface area (TPSA) is 120 Å². The Morgan fingerprint density at radius 2 is 2.08 bits per heavy atom. The molecule has 0 fully saturated rings. The lowest BCUT2D eigenvalue weighted by molar-refractivity contribution is -0.308. The first-order chi connectivity index (χ1) is 11.3. The Balaban J connectivity index is 2.33. The maximum atomic E-state index is 12.1. The van der Waals surface area contributed by atoms with Gasteiger partial charge in [0.25, 0.3) is 0 Å². The van der Waals surface area contributed by atoms with E-state index in [-0.39, 0.29) is 24.2 Å². The van der Waals surface area contributed by atoms with Crippen molar-refractivity contribution in [2.75, 3.05) is 0 Å². The molecule has 1 atom stereocenters. The minimum atomic E-state index is -1.34. The Kier molecular flexibility index (Phi) is 5.23. The van der Waals surface area contributed by atoms with Crippen LogP contribution in [-0.4, -0.2) is 23.0 Å². The summed E-state index contributed by atoms with van der Waals surface area (Å²) < 4.78 is 5.10. The van der Waals surface area contributed by atoms with E-state index < -0.39 is 23.5 Å². The molecule has 0 spiro atoms. The predicted molar refractivity (Wildman–Crippen MR) is 84.4 cm³/mol. The van der Waals surface area contributed by atoms with Gasteiger partial charge in [0.05, 0.1) is 18.4 Å². The second-order valence-corrected chi connectivity index (χ2v) is 5.58. The fourth-order valence-corrected chi connectivity index (χ4v) is 2.52. The number of fused-ring (bicyclic) bond motifs is 1. The second kappa shape index (κ2) is 7.16. The highest BCUT2D eigenvalue weighted by Crippen LogP contribution is 2.27. The zero-order valence-corrected chi connectivity index (χ0v) is 13.4. The summed E-state index contributed by atoms with van der Waals surface area (Å²) >= 11 is 0. The lowest BCUT2D eigenvalue weighted by Gasteiger charge is -2.19. The molecule has 0 saturated carbocycles. The van der Waals surface area contributed by atoms with E-state index in [1.165, 1.54) is 12.1 Å². The van der Waals surface area contributed by atoms with E-state index in [2.05, 4.69) is 5.32 Å². The second-order valence-electron chi connectivity index (χ2n) is 5.58. The van der Waals surface area contributed by atoms with E-state index in [9.17, 15) is 24.6 Å². The first kappa shape index (κ1) is 17.5. The van der Waals surface area contributed by atoms with Crippen LogP contribution in [-0.2, 0) is 16.0 Å². The maximum absolute atomic E-state index is 12.1. The van der Waals surface area contributed by atoms with Crippen LogP contribution in [0.1, 0.15) is 30.9 Å². The molecule has 0 bridgehead atoms. The molecule has 7 nitrogen and oxygen atoms in total. The number of carboxylic acids is 1. The van der Waals surface area contributed by atoms with Crippen molar-refractivity contribution in [3.8, 4) is 5.75 Å². The first-order valence-electron chi connectivity index (χ1n) is 7.59. The van der Waals surface area contributed by atoms with Gasteiger partial charge in [0, 0.05) is 17.0 Å². The van der Waals surface area contributed by atoms with E-state index in [0.717, 1.165) is 0 Å². The smallest absolute Gasteiger partial charge is 0.336 e. The lowest BCUT2D eigenvalue weighted by atomic mass is 10.0. The van der Waals surface area contributed by atoms with Gasteiger partial charge in [0.15, 0.2) is 0 Å². The molecule has 1 amide bonds. The summed E-state index contributed by atoms with van der Waals surface area (Å²) in [6, 6.07) is 3.11. The van der Waals surface area contributed by atoms with E-state index in [0.29, 0.717) is 22.9 Å². The monoisotopic (exact) mass is 332 g/mol. The van der Waals surface area contributed by atoms with Crippen LogP contribution in [0.3, 0.4) is 0 Å². The van der Waals surface area contributed by atoms with Gasteiger partial charge in [0.2, 0.25) is 5.91 Å². The minimum Gasteiger partial charge on any atom is -0.548 e. The third kappa shape index (κ3) is 3.73. The van der Waals surface area contributed by atoms with Crippen LogP contribution in [0.4, 0.5) is 0 Å². The van der Waals surface area contributed by atoms with Crippen molar-refractivity contribution >= 4 is 22.8 Å². The van der Waals surface area contributed by atoms with Crippen LogP contribution < -0.4 is 16.0 Å². The molecule has 24 heavy (non-hydrogen) atoms. The zero-order valence-electron chi connectivity index (χ0n) is 13.4. The van der Waals surface area contributed by atoms with Crippen LogP contribution >= 0.6 is 0 Å². The number of hydrogen-bond acceptors (Lipinski definition) is 6. The van der Waals surface area contributed by atoms with E-state index in [1.54, 1.807) is 19.9 Å². The highest BCUT2D eigenvalue weighted by molar-refractivity contribution is 5.90. The third-order valence-corrected chi connectivity index (χ3v) is 3.77. The van der Waals surface area contributed by atoms with Gasteiger partial charge in [0.1, 0.15) is 11.3 Å². The molecule has 128 valence electrons. The highest BCUT2D eigenvalue weighted by Gasteiger charge is 2.16. The first-order valence-corrected chi connectivity index (χ1v) is 7.59. The van der Waals surface area contributed by atoms with Gasteiger partial charge in [-0.3, -0.25) is 4.79 Å². The molecule has 1 heterocycles. The zero-order chi connectivity index (χ0) is 17.9. The van der Waals surface area contributed by atoms with Gasteiger partial charge in [-0.2, -0.15) is 0 Å². The highest BCUT2D eigenvalue weighted by atomic mass is 16.4. The van der Waals surface area contributed by atoms with Crippen LogP contribution in [0.15, 0.2) is 27.4 Å². The van der Waals surface area contributed by atoms with Crippen molar-refractivity contribution in [2.24, 2.45) is 0 Å². The Labute approximate surface area is 137 Å². The minimum absolute atomic E-state index is 0.0211. The molecule has 0 unspecified atom stereocenters. The molecule has 2 aromatic rings. The van der Waals surface area contributed by atoms with Crippen LogP contribution in [0.2, 0.25) is 0 Å². The Hall–Kier alpha value is -2.83. The number of aliphatic carboxylic acids is 1. The molecule has 0 radical (unpaired) electrons. The summed E-state index contributed by atoms with van der Waals surface area (Å²) in [6.07, 6.45) is 0.661. The van der Waals surface area contributed by atoms with Crippen molar-refractivity contribution < 1.29 is 24.2 Å². The molecule has 1 aromatic heterocycles. The van der Waals surface area contributed by atoms with E-state index >= 15 is 0 Å². The Morgan fingerprint density at radius 3 is 2.71 bits per heavy atom. The largest absolute Gasteiger partial charge is 0.548 e. The SMILES string of the molecule is CCC[C@@H](NC(=O)Cc1cc(=O)oc2c(C)c(O)ccc12)C(=O)[O-]. The number of nitrogens with one attached hydrogen (secondary N) is 1. The molecule has 0 aliphatic rings. The average Bonchev–Trinajstić information content (AvgIpc) is 2.50. The summed E-state index contributed by atoms with van der Waals surface area (Å²) in [5.74, 6) is -1.90. The van der Waals surface area contributed by atoms with E-state index in [1.807, 2.05) is 0 Å². The lowest BCUT2D eigenvalue weighted by Crippen LogP contribution is -2.48. The number of amides is 1. The van der Waals surface area contributed by atoms with Gasteiger partial charge >= 0.3 is 5.63 Å². The average molecular weight is 332 g/mol. The Bertz CT molecular complexity index is 839. The number of phenolic OH excluding ortho intramolecular Hbond substituents is 1. The summed E-state index contributed by atoms with van der Waals surface area (Å²) in [4.78, 5) is 34.8. The molecule has 0 aliphatic carbocycles. The quantitative estimate of drug-likeness (QED) is 0.738. The molecule has 2 rings (SSSR count). The van der Waals surface area contributed by atoms with Gasteiger partial charge in [-0.05, 0) is 31.0 Å². The van der Waals surface area contributed by atoms with Crippen molar-refractivity contribution in [2.45, 2.75) is 39.2 Å². The van der Waals surface area contributed by atoms with Crippen molar-refractivity contribution in [3.63, 3.8) is 0 Å². The van der Waals surface area contributed by atoms with Crippen molar-refractivity contribution in [1.29, 1.82) is 0 Å². The fourth-order valence-electron chi connectivity index (χ4n) is 2.52. The van der Waals surface area contributed by atoms with Crippen molar-refractivity contribution in [1.82, 2.24) is 5.32 Å².